The lowest BCUT2D eigenvalue weighted by molar-refractivity contribution is 0.238. The highest BCUT2D eigenvalue weighted by atomic mass is 35.5. The lowest BCUT2D eigenvalue weighted by atomic mass is 10.0. The van der Waals surface area contributed by atoms with E-state index in [0.717, 1.165) is 56.4 Å². The molecule has 0 spiro atoms. The Bertz CT molecular complexity index is 797. The van der Waals surface area contributed by atoms with E-state index in [9.17, 15) is 0 Å². The molecule has 3 nitrogen and oxygen atoms in total. The number of rotatable bonds is 8. The first-order chi connectivity index (χ1) is 14.2. The molecule has 2 aromatic carbocycles. The molecular weight excluding hydrogens is 380 g/mol. The minimum absolute atomic E-state index is 0.806. The summed E-state index contributed by atoms with van der Waals surface area (Å²) >= 11 is 6.00. The van der Waals surface area contributed by atoms with Crippen LogP contribution < -0.4 is 9.64 Å². The third-order valence-electron chi connectivity index (χ3n) is 6.35. The van der Waals surface area contributed by atoms with Crippen LogP contribution in [0.15, 0.2) is 36.4 Å². The van der Waals surface area contributed by atoms with Crippen LogP contribution in [0.3, 0.4) is 0 Å². The van der Waals surface area contributed by atoms with Gasteiger partial charge >= 0.3 is 0 Å². The van der Waals surface area contributed by atoms with E-state index in [-0.39, 0.29) is 0 Å². The molecule has 0 radical (unpaired) electrons. The van der Waals surface area contributed by atoms with Gasteiger partial charge in [-0.05, 0) is 92.1 Å². The quantitative estimate of drug-likeness (QED) is 0.542. The van der Waals surface area contributed by atoms with Crippen LogP contribution in [-0.4, -0.2) is 44.2 Å². The Morgan fingerprint density at radius 3 is 2.38 bits per heavy atom. The second kappa shape index (κ2) is 9.86. The zero-order chi connectivity index (χ0) is 20.1. The minimum Gasteiger partial charge on any atom is -0.493 e. The largest absolute Gasteiger partial charge is 0.493 e. The van der Waals surface area contributed by atoms with Crippen LogP contribution in [-0.2, 0) is 19.3 Å². The van der Waals surface area contributed by atoms with Crippen molar-refractivity contribution in [2.45, 2.75) is 45.4 Å². The lowest BCUT2D eigenvalue weighted by Crippen LogP contribution is -2.46. The highest BCUT2D eigenvalue weighted by Crippen LogP contribution is 2.30. The number of aryl methyl sites for hydroxylation is 3. The molecule has 0 saturated carbocycles. The van der Waals surface area contributed by atoms with E-state index in [1.54, 1.807) is 5.56 Å². The smallest absolute Gasteiger partial charge is 0.122 e. The summed E-state index contributed by atoms with van der Waals surface area (Å²) in [7, 11) is 0. The number of anilines is 1. The van der Waals surface area contributed by atoms with E-state index in [1.165, 1.54) is 49.0 Å². The summed E-state index contributed by atoms with van der Waals surface area (Å²) in [6.45, 7) is 8.68. The number of fused-ring (bicyclic) bond motifs is 1. The van der Waals surface area contributed by atoms with Crippen molar-refractivity contribution in [3.63, 3.8) is 0 Å². The Morgan fingerprint density at radius 2 is 1.66 bits per heavy atom. The van der Waals surface area contributed by atoms with Crippen molar-refractivity contribution in [1.29, 1.82) is 0 Å². The molecule has 1 saturated heterocycles. The molecule has 0 amide bonds. The molecule has 1 aliphatic heterocycles. The van der Waals surface area contributed by atoms with Gasteiger partial charge in [0.2, 0.25) is 0 Å². The number of benzene rings is 2. The van der Waals surface area contributed by atoms with Gasteiger partial charge in [-0.3, -0.25) is 4.90 Å². The molecule has 0 N–H and O–H groups in total. The summed E-state index contributed by atoms with van der Waals surface area (Å²) in [6.07, 6.45) is 7.14. The molecule has 1 fully saturated rings. The van der Waals surface area contributed by atoms with Crippen molar-refractivity contribution in [2.75, 3.05) is 44.2 Å². The molecule has 4 rings (SSSR count). The van der Waals surface area contributed by atoms with E-state index < -0.39 is 0 Å². The summed E-state index contributed by atoms with van der Waals surface area (Å²) in [4.78, 5) is 5.04. The molecule has 2 aromatic rings. The van der Waals surface area contributed by atoms with Crippen molar-refractivity contribution in [3.05, 3.63) is 58.1 Å². The first kappa shape index (κ1) is 20.6. The number of hydrogen-bond acceptors (Lipinski definition) is 3. The van der Waals surface area contributed by atoms with E-state index >= 15 is 0 Å². The Balaban J connectivity index is 1.16. The average molecular weight is 413 g/mol. The highest BCUT2D eigenvalue weighted by Gasteiger charge is 2.17. The zero-order valence-electron chi connectivity index (χ0n) is 17.6. The van der Waals surface area contributed by atoms with Crippen LogP contribution in [0, 0.1) is 0 Å². The average Bonchev–Trinajstić information content (AvgIpc) is 3.21. The number of unbranched alkanes of at least 4 members (excludes halogenated alkanes) is 1. The number of piperazine rings is 1. The molecule has 2 aliphatic rings. The van der Waals surface area contributed by atoms with Crippen molar-refractivity contribution in [3.8, 4) is 5.75 Å². The second-order valence-corrected chi connectivity index (χ2v) is 8.73. The third kappa shape index (κ3) is 5.26. The highest BCUT2D eigenvalue weighted by molar-refractivity contribution is 6.30. The maximum atomic E-state index is 6.19. The van der Waals surface area contributed by atoms with Crippen molar-refractivity contribution < 1.29 is 4.74 Å². The van der Waals surface area contributed by atoms with E-state index in [0.29, 0.717) is 0 Å². The molecule has 0 aromatic heterocycles. The fraction of sp³-hybridized carbons (Fsp3) is 0.520. The van der Waals surface area contributed by atoms with Gasteiger partial charge in [0.05, 0.1) is 6.61 Å². The number of nitrogens with zero attached hydrogens (tertiary/aromatic N) is 2. The van der Waals surface area contributed by atoms with Gasteiger partial charge in [0.1, 0.15) is 5.75 Å². The first-order valence-electron chi connectivity index (χ1n) is 11.2. The molecule has 1 heterocycles. The molecule has 29 heavy (non-hydrogen) atoms. The number of halogens is 1. The van der Waals surface area contributed by atoms with Crippen LogP contribution in [0.4, 0.5) is 5.69 Å². The fourth-order valence-corrected chi connectivity index (χ4v) is 4.69. The van der Waals surface area contributed by atoms with Crippen molar-refractivity contribution in [2.24, 2.45) is 0 Å². The second-order valence-electron chi connectivity index (χ2n) is 8.30. The van der Waals surface area contributed by atoms with Gasteiger partial charge in [0.25, 0.3) is 0 Å². The Morgan fingerprint density at radius 1 is 0.931 bits per heavy atom. The van der Waals surface area contributed by atoms with Gasteiger partial charge in [-0.1, -0.05) is 24.6 Å². The van der Waals surface area contributed by atoms with Gasteiger partial charge < -0.3 is 9.64 Å². The van der Waals surface area contributed by atoms with Crippen molar-refractivity contribution >= 4 is 17.3 Å². The first-order valence-corrected chi connectivity index (χ1v) is 11.6. The van der Waals surface area contributed by atoms with Crippen LogP contribution >= 0.6 is 11.6 Å². The Labute approximate surface area is 180 Å². The maximum absolute atomic E-state index is 6.19. The Kier molecular flexibility index (Phi) is 6.99. The predicted octanol–water partition coefficient (Wildman–Crippen LogP) is 5.37. The van der Waals surface area contributed by atoms with Gasteiger partial charge in [0, 0.05) is 36.9 Å². The molecule has 4 heteroatoms. The lowest BCUT2D eigenvalue weighted by Gasteiger charge is -2.36. The van der Waals surface area contributed by atoms with Crippen LogP contribution in [0.5, 0.6) is 5.75 Å². The molecule has 1 aliphatic carbocycles. The SMILES string of the molecule is CCc1cc2c(cc1OCCCCN1CCN(c3ccc(Cl)cc3)CC1)CCC2. The van der Waals surface area contributed by atoms with E-state index in [1.807, 2.05) is 12.1 Å². The van der Waals surface area contributed by atoms with Crippen molar-refractivity contribution in [1.82, 2.24) is 4.90 Å². The Hall–Kier alpha value is -1.71. The third-order valence-corrected chi connectivity index (χ3v) is 6.60. The van der Waals surface area contributed by atoms with E-state index in [2.05, 4.69) is 41.0 Å². The summed E-state index contributed by atoms with van der Waals surface area (Å²) in [5.41, 5.74) is 5.72. The van der Waals surface area contributed by atoms with Crippen LogP contribution in [0.1, 0.15) is 42.9 Å². The number of ether oxygens (including phenoxy) is 1. The van der Waals surface area contributed by atoms with Gasteiger partial charge in [-0.15, -0.1) is 0 Å². The van der Waals surface area contributed by atoms with Crippen LogP contribution in [0.2, 0.25) is 5.02 Å². The van der Waals surface area contributed by atoms with E-state index in [4.69, 9.17) is 16.3 Å². The molecule has 156 valence electrons. The van der Waals surface area contributed by atoms with Gasteiger partial charge in [-0.2, -0.15) is 0 Å². The summed E-state index contributed by atoms with van der Waals surface area (Å²) in [5, 5.41) is 0.806. The van der Waals surface area contributed by atoms with Crippen LogP contribution in [0.25, 0.3) is 0 Å². The zero-order valence-corrected chi connectivity index (χ0v) is 18.4. The maximum Gasteiger partial charge on any atom is 0.122 e. The summed E-state index contributed by atoms with van der Waals surface area (Å²) < 4.78 is 6.19. The molecule has 0 unspecified atom stereocenters. The number of hydrogen-bond donors (Lipinski definition) is 0. The summed E-state index contributed by atoms with van der Waals surface area (Å²) in [5.74, 6) is 1.13. The predicted molar refractivity (Wildman–Crippen MR) is 123 cm³/mol. The minimum atomic E-state index is 0.806. The standard InChI is InChI=1S/C25H33ClN2O/c1-2-20-18-21-6-5-7-22(21)19-25(20)29-17-4-3-12-27-13-15-28(16-14-27)24-10-8-23(26)9-11-24/h8-11,18-19H,2-7,12-17H2,1H3. The van der Waals surface area contributed by atoms with Gasteiger partial charge in [0.15, 0.2) is 0 Å². The monoisotopic (exact) mass is 412 g/mol. The molecule has 0 atom stereocenters. The molecule has 0 bridgehead atoms. The fourth-order valence-electron chi connectivity index (χ4n) is 4.56. The summed E-state index contributed by atoms with van der Waals surface area (Å²) in [6, 6.07) is 12.9. The topological polar surface area (TPSA) is 15.7 Å². The molecular formula is C25H33ClN2O. The normalized spacial score (nSPS) is 16.8. The van der Waals surface area contributed by atoms with Gasteiger partial charge in [-0.25, -0.2) is 0 Å².